The third-order valence-electron chi connectivity index (χ3n) is 3.18. The average Bonchev–Trinajstić information content (AvgIpc) is 3.20. The van der Waals surface area contributed by atoms with Gasteiger partial charge in [-0.2, -0.15) is 13.2 Å². The molecule has 0 spiro atoms. The topological polar surface area (TPSA) is 88.5 Å². The predicted octanol–water partition coefficient (Wildman–Crippen LogP) is 2.47. The lowest BCUT2D eigenvalue weighted by Gasteiger charge is -2.19. The van der Waals surface area contributed by atoms with Crippen molar-refractivity contribution in [2.45, 2.75) is 32.0 Å². The highest BCUT2D eigenvalue weighted by Crippen LogP contribution is 2.38. The van der Waals surface area contributed by atoms with Crippen LogP contribution in [0, 0.1) is 6.92 Å². The summed E-state index contributed by atoms with van der Waals surface area (Å²) in [5.41, 5.74) is -3.52. The van der Waals surface area contributed by atoms with Gasteiger partial charge in [-0.05, 0) is 19.8 Å². The fourth-order valence-corrected chi connectivity index (χ4v) is 2.05. The molecule has 1 saturated carbocycles. The highest BCUT2D eigenvalue weighted by molar-refractivity contribution is 6.05. The number of halogens is 3. The minimum Gasteiger partial charge on any atom is -0.478 e. The number of ether oxygens (including phenoxy) is 1. The quantitative estimate of drug-likeness (QED) is 0.829. The monoisotopic (exact) mass is 318 g/mol. The van der Waals surface area contributed by atoms with Gasteiger partial charge >= 0.3 is 18.1 Å². The number of rotatable bonds is 4. The second kappa shape index (κ2) is 5.47. The third-order valence-corrected chi connectivity index (χ3v) is 3.18. The summed E-state index contributed by atoms with van der Waals surface area (Å²) >= 11 is 0. The van der Waals surface area contributed by atoms with Crippen LogP contribution in [0.15, 0.2) is 0 Å². The predicted molar refractivity (Wildman–Crippen MR) is 68.9 cm³/mol. The number of nitrogens with zero attached hydrogens (tertiary/aromatic N) is 1. The molecule has 1 aliphatic carbocycles. The summed E-state index contributed by atoms with van der Waals surface area (Å²) in [7, 11) is 1.06. The molecule has 1 heterocycles. The SMILES string of the molecule is COC(=O)c1c(C)nc(C(F)(F)F)c(C(=O)O)c1NC1CC1. The Morgan fingerprint density at radius 3 is 2.32 bits per heavy atom. The molecular weight excluding hydrogens is 305 g/mol. The number of alkyl halides is 3. The number of nitrogens with one attached hydrogen (secondary N) is 1. The van der Waals surface area contributed by atoms with Crippen LogP contribution in [0.4, 0.5) is 18.9 Å². The number of hydrogen-bond donors (Lipinski definition) is 2. The average molecular weight is 318 g/mol. The fourth-order valence-electron chi connectivity index (χ4n) is 2.05. The molecule has 2 N–H and O–H groups in total. The van der Waals surface area contributed by atoms with Crippen LogP contribution in [0.25, 0.3) is 0 Å². The maximum Gasteiger partial charge on any atom is 0.434 e. The summed E-state index contributed by atoms with van der Waals surface area (Å²) < 4.78 is 43.7. The normalized spacial score (nSPS) is 14.6. The van der Waals surface area contributed by atoms with Crippen LogP contribution in [0.1, 0.15) is 44.9 Å². The van der Waals surface area contributed by atoms with Crippen molar-refractivity contribution in [1.82, 2.24) is 4.98 Å². The number of methoxy groups -OCH3 is 1. The van der Waals surface area contributed by atoms with Gasteiger partial charge in [-0.15, -0.1) is 0 Å². The van der Waals surface area contributed by atoms with Crippen LogP contribution < -0.4 is 5.32 Å². The van der Waals surface area contributed by atoms with Crippen molar-refractivity contribution < 1.29 is 32.6 Å². The van der Waals surface area contributed by atoms with E-state index in [1.807, 2.05) is 0 Å². The Morgan fingerprint density at radius 1 is 1.32 bits per heavy atom. The van der Waals surface area contributed by atoms with Gasteiger partial charge in [-0.1, -0.05) is 0 Å². The molecule has 2 rings (SSSR count). The minimum atomic E-state index is -4.95. The number of carboxylic acid groups (broad SMARTS) is 1. The first kappa shape index (κ1) is 16.1. The summed E-state index contributed by atoms with van der Waals surface area (Å²) in [6.45, 7) is 1.20. The van der Waals surface area contributed by atoms with Crippen molar-refractivity contribution in [2.24, 2.45) is 0 Å². The van der Waals surface area contributed by atoms with E-state index in [-0.39, 0.29) is 23.0 Å². The molecule has 1 aromatic rings. The van der Waals surface area contributed by atoms with Crippen molar-refractivity contribution in [3.63, 3.8) is 0 Å². The van der Waals surface area contributed by atoms with Crippen molar-refractivity contribution >= 4 is 17.6 Å². The van der Waals surface area contributed by atoms with E-state index < -0.39 is 29.4 Å². The number of pyridine rings is 1. The zero-order valence-electron chi connectivity index (χ0n) is 11.7. The molecule has 0 atom stereocenters. The van der Waals surface area contributed by atoms with Gasteiger partial charge in [0, 0.05) is 6.04 Å². The van der Waals surface area contributed by atoms with Crippen molar-refractivity contribution in [1.29, 1.82) is 0 Å². The van der Waals surface area contributed by atoms with E-state index in [9.17, 15) is 27.9 Å². The largest absolute Gasteiger partial charge is 0.478 e. The molecule has 0 amide bonds. The van der Waals surface area contributed by atoms with E-state index in [4.69, 9.17) is 0 Å². The van der Waals surface area contributed by atoms with Crippen LogP contribution in [-0.4, -0.2) is 35.2 Å². The Labute approximate surface area is 123 Å². The first-order chi connectivity index (χ1) is 10.2. The van der Waals surface area contributed by atoms with Crippen LogP contribution in [0.5, 0.6) is 0 Å². The number of esters is 1. The summed E-state index contributed by atoms with van der Waals surface area (Å²) in [5.74, 6) is -2.75. The van der Waals surface area contributed by atoms with E-state index in [2.05, 4.69) is 15.0 Å². The van der Waals surface area contributed by atoms with Gasteiger partial charge in [-0.25, -0.2) is 14.6 Å². The van der Waals surface area contributed by atoms with Crippen molar-refractivity contribution in [3.8, 4) is 0 Å². The molecule has 1 aliphatic rings. The Kier molecular flexibility index (Phi) is 3.99. The van der Waals surface area contributed by atoms with Crippen LogP contribution in [0.2, 0.25) is 0 Å². The highest BCUT2D eigenvalue weighted by Gasteiger charge is 2.42. The van der Waals surface area contributed by atoms with Gasteiger partial charge in [0.05, 0.1) is 18.5 Å². The number of aromatic carboxylic acids is 1. The lowest BCUT2D eigenvalue weighted by molar-refractivity contribution is -0.141. The maximum absolute atomic E-state index is 13.1. The molecule has 0 unspecified atom stereocenters. The molecule has 22 heavy (non-hydrogen) atoms. The number of aryl methyl sites for hydroxylation is 1. The summed E-state index contributed by atoms with van der Waals surface area (Å²) in [4.78, 5) is 26.4. The molecule has 1 aromatic heterocycles. The van der Waals surface area contributed by atoms with E-state index in [0.29, 0.717) is 12.8 Å². The Morgan fingerprint density at radius 2 is 1.91 bits per heavy atom. The molecule has 6 nitrogen and oxygen atoms in total. The lowest BCUT2D eigenvalue weighted by atomic mass is 10.0. The molecule has 0 aromatic carbocycles. The molecular formula is C13H13F3N2O4. The van der Waals surface area contributed by atoms with Gasteiger partial charge in [-0.3, -0.25) is 0 Å². The molecule has 0 radical (unpaired) electrons. The van der Waals surface area contributed by atoms with Crippen LogP contribution in [0.3, 0.4) is 0 Å². The molecule has 120 valence electrons. The van der Waals surface area contributed by atoms with Gasteiger partial charge in [0.25, 0.3) is 0 Å². The molecule has 9 heteroatoms. The van der Waals surface area contributed by atoms with E-state index in [1.165, 1.54) is 6.92 Å². The number of carbonyl (C=O) groups excluding carboxylic acids is 1. The zero-order chi connectivity index (χ0) is 16.7. The number of carboxylic acids is 1. The maximum atomic E-state index is 13.1. The minimum absolute atomic E-state index is 0.163. The summed E-state index contributed by atoms with van der Waals surface area (Å²) in [6.07, 6.45) is -3.59. The number of hydrogen-bond acceptors (Lipinski definition) is 5. The van der Waals surface area contributed by atoms with E-state index >= 15 is 0 Å². The fraction of sp³-hybridized carbons (Fsp3) is 0.462. The van der Waals surface area contributed by atoms with Crippen molar-refractivity contribution in [2.75, 3.05) is 12.4 Å². The van der Waals surface area contributed by atoms with Crippen molar-refractivity contribution in [3.05, 3.63) is 22.5 Å². The van der Waals surface area contributed by atoms with Crippen LogP contribution in [-0.2, 0) is 10.9 Å². The van der Waals surface area contributed by atoms with Gasteiger partial charge in [0.1, 0.15) is 11.1 Å². The van der Waals surface area contributed by atoms with Gasteiger partial charge in [0.15, 0.2) is 5.69 Å². The van der Waals surface area contributed by atoms with E-state index in [1.54, 1.807) is 0 Å². The number of carbonyl (C=O) groups is 2. The molecule has 0 bridgehead atoms. The smallest absolute Gasteiger partial charge is 0.434 e. The lowest BCUT2D eigenvalue weighted by Crippen LogP contribution is -2.23. The number of anilines is 1. The summed E-state index contributed by atoms with van der Waals surface area (Å²) in [5, 5.41) is 11.9. The van der Waals surface area contributed by atoms with Crippen LogP contribution >= 0.6 is 0 Å². The van der Waals surface area contributed by atoms with E-state index in [0.717, 1.165) is 7.11 Å². The molecule has 0 aliphatic heterocycles. The Hall–Kier alpha value is -2.32. The molecule has 0 saturated heterocycles. The molecule has 1 fully saturated rings. The first-order valence-corrected chi connectivity index (χ1v) is 6.36. The first-order valence-electron chi connectivity index (χ1n) is 6.36. The Bertz CT molecular complexity index is 639. The standard InChI is InChI=1S/C13H13F3N2O4/c1-5-7(12(21)22-2)9(18-6-3-4-6)8(11(19)20)10(17-5)13(14,15)16/h6H,3-4H2,1-2H3,(H,17,18)(H,19,20). The van der Waals surface area contributed by atoms with Gasteiger partial charge in [0.2, 0.25) is 0 Å². The number of aromatic nitrogens is 1. The highest BCUT2D eigenvalue weighted by atomic mass is 19.4. The Balaban J connectivity index is 2.77. The summed E-state index contributed by atoms with van der Waals surface area (Å²) in [6, 6.07) is -0.163. The van der Waals surface area contributed by atoms with Gasteiger partial charge < -0.3 is 15.2 Å². The zero-order valence-corrected chi connectivity index (χ0v) is 11.7. The third kappa shape index (κ3) is 2.97. The second-order valence-corrected chi connectivity index (χ2v) is 4.88. The second-order valence-electron chi connectivity index (χ2n) is 4.88.